The Kier molecular flexibility index (Phi) is 2.73. The van der Waals surface area contributed by atoms with Gasteiger partial charge in [-0.05, 0) is 24.6 Å². The fraction of sp³-hybridized carbons (Fsp3) is 0.0625. The van der Waals surface area contributed by atoms with Crippen molar-refractivity contribution in [3.63, 3.8) is 0 Å². The van der Waals surface area contributed by atoms with Gasteiger partial charge in [0.25, 0.3) is 0 Å². The van der Waals surface area contributed by atoms with Gasteiger partial charge < -0.3 is 0 Å². The number of hydrogen-bond acceptors (Lipinski definition) is 2. The topological polar surface area (TPSA) is 12.9 Å². The Labute approximate surface area is 110 Å². The third kappa shape index (κ3) is 1.95. The van der Waals surface area contributed by atoms with E-state index in [1.165, 1.54) is 15.8 Å². The molecule has 0 N–H and O–H groups in total. The van der Waals surface area contributed by atoms with Gasteiger partial charge in [0.2, 0.25) is 0 Å². The summed E-state index contributed by atoms with van der Waals surface area (Å²) in [5.41, 5.74) is 4.51. The molecule has 0 aliphatic rings. The smallest absolute Gasteiger partial charge is 0.124 e. The first-order valence-electron chi connectivity index (χ1n) is 5.86. The molecular weight excluding hydrogens is 238 g/mol. The molecule has 0 fully saturated rings. The lowest BCUT2D eigenvalue weighted by molar-refractivity contribution is 1.47. The van der Waals surface area contributed by atoms with Crippen LogP contribution in [0.3, 0.4) is 0 Å². The van der Waals surface area contributed by atoms with Crippen molar-refractivity contribution >= 4 is 27.1 Å². The summed E-state index contributed by atoms with van der Waals surface area (Å²) in [6.45, 7) is 5.97. The van der Waals surface area contributed by atoms with Crippen LogP contribution in [0.4, 0.5) is 0 Å². The lowest BCUT2D eigenvalue weighted by Gasteiger charge is -2.00. The highest BCUT2D eigenvalue weighted by molar-refractivity contribution is 7.21. The second-order valence-corrected chi connectivity index (χ2v) is 5.38. The van der Waals surface area contributed by atoms with Gasteiger partial charge in [0.15, 0.2) is 0 Å². The van der Waals surface area contributed by atoms with Gasteiger partial charge in [-0.25, -0.2) is 4.98 Å². The quantitative estimate of drug-likeness (QED) is 0.624. The Hall–Kier alpha value is -1.93. The van der Waals surface area contributed by atoms with Crippen molar-refractivity contribution in [2.45, 2.75) is 6.92 Å². The molecule has 2 aromatic carbocycles. The zero-order chi connectivity index (χ0) is 12.5. The van der Waals surface area contributed by atoms with E-state index in [9.17, 15) is 0 Å². The number of thiazole rings is 1. The summed E-state index contributed by atoms with van der Waals surface area (Å²) >= 11 is 1.73. The highest BCUT2D eigenvalue weighted by Gasteiger charge is 2.05. The maximum Gasteiger partial charge on any atom is 0.124 e. The summed E-state index contributed by atoms with van der Waals surface area (Å²) in [7, 11) is 0. The number of nitrogens with zero attached hydrogens (tertiary/aromatic N) is 1. The monoisotopic (exact) mass is 251 g/mol. The number of allylic oxidation sites excluding steroid dienone is 1. The first-order valence-corrected chi connectivity index (χ1v) is 6.67. The molecule has 0 saturated carbocycles. The minimum atomic E-state index is 1.07. The number of benzene rings is 2. The molecule has 88 valence electrons. The molecule has 0 aliphatic heterocycles. The van der Waals surface area contributed by atoms with E-state index >= 15 is 0 Å². The fourth-order valence-electron chi connectivity index (χ4n) is 1.89. The van der Waals surface area contributed by atoms with E-state index in [0.29, 0.717) is 0 Å². The van der Waals surface area contributed by atoms with Gasteiger partial charge in [-0.1, -0.05) is 48.6 Å². The highest BCUT2D eigenvalue weighted by atomic mass is 32.1. The van der Waals surface area contributed by atoms with Crippen LogP contribution in [0.1, 0.15) is 12.5 Å². The van der Waals surface area contributed by atoms with Crippen LogP contribution in [0.2, 0.25) is 0 Å². The van der Waals surface area contributed by atoms with E-state index in [-0.39, 0.29) is 0 Å². The van der Waals surface area contributed by atoms with Crippen LogP contribution in [-0.2, 0) is 0 Å². The van der Waals surface area contributed by atoms with E-state index in [2.05, 4.69) is 54.0 Å². The van der Waals surface area contributed by atoms with Crippen LogP contribution in [0.15, 0.2) is 55.1 Å². The van der Waals surface area contributed by atoms with Gasteiger partial charge in [-0.2, -0.15) is 0 Å². The molecule has 3 aromatic rings. The molecule has 1 nitrogen and oxygen atoms in total. The fourth-order valence-corrected chi connectivity index (χ4v) is 2.86. The van der Waals surface area contributed by atoms with Crippen LogP contribution < -0.4 is 0 Å². The Bertz CT molecular complexity index is 674. The maximum absolute atomic E-state index is 4.65. The maximum atomic E-state index is 4.65. The minimum Gasteiger partial charge on any atom is -0.236 e. The van der Waals surface area contributed by atoms with Crippen molar-refractivity contribution in [2.75, 3.05) is 0 Å². The van der Waals surface area contributed by atoms with E-state index in [1.54, 1.807) is 11.3 Å². The summed E-state index contributed by atoms with van der Waals surface area (Å²) < 4.78 is 1.23. The normalized spacial score (nSPS) is 10.7. The van der Waals surface area contributed by atoms with Crippen LogP contribution in [0.5, 0.6) is 0 Å². The Morgan fingerprint density at radius 2 is 1.78 bits per heavy atom. The first-order chi connectivity index (χ1) is 8.74. The molecule has 18 heavy (non-hydrogen) atoms. The van der Waals surface area contributed by atoms with E-state index < -0.39 is 0 Å². The molecule has 0 atom stereocenters. The van der Waals surface area contributed by atoms with Gasteiger partial charge in [0.05, 0.1) is 10.2 Å². The van der Waals surface area contributed by atoms with Crippen LogP contribution in [-0.4, -0.2) is 4.98 Å². The number of fused-ring (bicyclic) bond motifs is 1. The molecule has 2 heteroatoms. The number of hydrogen-bond donors (Lipinski definition) is 0. The molecule has 0 aliphatic carbocycles. The predicted molar refractivity (Wildman–Crippen MR) is 79.8 cm³/mol. The van der Waals surface area contributed by atoms with Crippen molar-refractivity contribution in [3.8, 4) is 10.6 Å². The van der Waals surface area contributed by atoms with Crippen molar-refractivity contribution in [3.05, 3.63) is 60.7 Å². The zero-order valence-corrected chi connectivity index (χ0v) is 11.0. The minimum absolute atomic E-state index is 1.07. The standard InChI is InChI=1S/C16H13NS/c1-11(2)12-7-9-13(10-8-12)16-17-14-5-3-4-6-15(14)18-16/h3-10H,1H2,2H3. The zero-order valence-electron chi connectivity index (χ0n) is 10.2. The van der Waals surface area contributed by atoms with Crippen molar-refractivity contribution in [2.24, 2.45) is 0 Å². The van der Waals surface area contributed by atoms with Crippen molar-refractivity contribution in [1.29, 1.82) is 0 Å². The SMILES string of the molecule is C=C(C)c1ccc(-c2nc3ccccc3s2)cc1. The molecule has 0 spiro atoms. The summed E-state index contributed by atoms with van der Waals surface area (Å²) in [5.74, 6) is 0. The lowest BCUT2D eigenvalue weighted by atomic mass is 10.1. The Balaban J connectivity index is 2.06. The van der Waals surface area contributed by atoms with Gasteiger partial charge in [0.1, 0.15) is 5.01 Å². The molecule has 1 heterocycles. The van der Waals surface area contributed by atoms with Gasteiger partial charge >= 0.3 is 0 Å². The van der Waals surface area contributed by atoms with Gasteiger partial charge in [0, 0.05) is 5.56 Å². The van der Waals surface area contributed by atoms with E-state index in [4.69, 9.17) is 0 Å². The molecule has 3 rings (SSSR count). The summed E-state index contributed by atoms with van der Waals surface area (Å²) in [4.78, 5) is 4.65. The molecule has 0 bridgehead atoms. The summed E-state index contributed by atoms with van der Waals surface area (Å²) in [6, 6.07) is 16.7. The molecule has 0 radical (unpaired) electrons. The Morgan fingerprint density at radius 1 is 1.06 bits per heavy atom. The molecule has 0 unspecified atom stereocenters. The summed E-state index contributed by atoms with van der Waals surface area (Å²) in [5, 5.41) is 1.07. The largest absolute Gasteiger partial charge is 0.236 e. The van der Waals surface area contributed by atoms with Crippen LogP contribution in [0, 0.1) is 0 Å². The van der Waals surface area contributed by atoms with Crippen molar-refractivity contribution in [1.82, 2.24) is 4.98 Å². The average molecular weight is 251 g/mol. The predicted octanol–water partition coefficient (Wildman–Crippen LogP) is 5.00. The highest BCUT2D eigenvalue weighted by Crippen LogP contribution is 2.30. The lowest BCUT2D eigenvalue weighted by Crippen LogP contribution is -1.79. The third-order valence-corrected chi connectivity index (χ3v) is 4.00. The second kappa shape index (κ2) is 4.39. The number of para-hydroxylation sites is 1. The number of rotatable bonds is 2. The van der Waals surface area contributed by atoms with Gasteiger partial charge in [-0.15, -0.1) is 11.3 Å². The molecule has 1 aromatic heterocycles. The second-order valence-electron chi connectivity index (χ2n) is 4.34. The average Bonchev–Trinajstić information content (AvgIpc) is 2.82. The van der Waals surface area contributed by atoms with E-state index in [1.807, 2.05) is 13.0 Å². The van der Waals surface area contributed by atoms with Crippen molar-refractivity contribution < 1.29 is 0 Å². The van der Waals surface area contributed by atoms with Gasteiger partial charge in [-0.3, -0.25) is 0 Å². The molecular formula is C16H13NS. The van der Waals surface area contributed by atoms with Crippen LogP contribution >= 0.6 is 11.3 Å². The van der Waals surface area contributed by atoms with Crippen LogP contribution in [0.25, 0.3) is 26.4 Å². The Morgan fingerprint density at radius 3 is 2.44 bits per heavy atom. The number of aromatic nitrogens is 1. The molecule has 0 amide bonds. The molecule has 0 saturated heterocycles. The third-order valence-electron chi connectivity index (χ3n) is 2.92. The summed E-state index contributed by atoms with van der Waals surface area (Å²) in [6.07, 6.45) is 0. The first kappa shape index (κ1) is 11.2. The van der Waals surface area contributed by atoms with E-state index in [0.717, 1.165) is 16.1 Å².